The maximum Gasteiger partial charge on any atom is 0.148 e. The summed E-state index contributed by atoms with van der Waals surface area (Å²) in [6, 6.07) is 139. The number of nitrogens with zero attached hydrogens (tertiary/aromatic N) is 9. The maximum absolute atomic E-state index is 5.11. The minimum atomic E-state index is 0.949. The monoisotopic (exact) mass is 1510 g/mol. The topological polar surface area (TPSA) is 90.6 Å². The Bertz CT molecular complexity index is 8650. The minimum absolute atomic E-state index is 0.949. The molecule has 0 bridgehead atoms. The quantitative estimate of drug-likeness (QED) is 0.154. The van der Waals surface area contributed by atoms with Crippen molar-refractivity contribution in [1.82, 2.24) is 43.1 Å². The number of hydrogen-bond donors (Lipinski definition) is 0. The van der Waals surface area contributed by atoms with Crippen LogP contribution >= 0.6 is 0 Å². The number of hydrogen-bond acceptors (Lipinski definition) is 6. The summed E-state index contributed by atoms with van der Waals surface area (Å²) in [5.74, 6) is 0. The highest BCUT2D eigenvalue weighted by Gasteiger charge is 2.22. The number of fused-ring (bicyclic) bond motifs is 32. The summed E-state index contributed by atoms with van der Waals surface area (Å²) < 4.78 is 6.89. The van der Waals surface area contributed by atoms with Crippen molar-refractivity contribution in [2.45, 2.75) is 0 Å². The molecule has 9 nitrogen and oxygen atoms in total. The molecular weight excluding hydrogens is 1450 g/mol. The highest BCUT2D eigenvalue weighted by Crippen LogP contribution is 2.44. The van der Waals surface area contributed by atoms with E-state index in [0.717, 1.165) is 115 Å². The Morgan fingerprint density at radius 1 is 0.168 bits per heavy atom. The molecule has 0 aliphatic rings. The van der Waals surface area contributed by atoms with Crippen LogP contribution in [0.2, 0.25) is 0 Å². The lowest BCUT2D eigenvalue weighted by molar-refractivity contribution is 1.31. The van der Waals surface area contributed by atoms with Gasteiger partial charge < -0.3 is 0 Å². The van der Waals surface area contributed by atoms with Crippen LogP contribution in [0.5, 0.6) is 0 Å². The third-order valence-electron chi connectivity index (χ3n) is 24.2. The molecule has 0 spiro atoms. The van der Waals surface area contributed by atoms with Gasteiger partial charge in [-0.05, 0) is 202 Å². The Kier molecular flexibility index (Phi) is 15.5. The van der Waals surface area contributed by atoms with Gasteiger partial charge in [-0.2, -0.15) is 0 Å². The first-order valence-electron chi connectivity index (χ1n) is 40.4. The lowest BCUT2D eigenvalue weighted by atomic mass is 9.95. The van der Waals surface area contributed by atoms with Gasteiger partial charge >= 0.3 is 0 Å². The second-order valence-corrected chi connectivity index (χ2v) is 30.9. The normalized spacial score (nSPS) is 11.9. The van der Waals surface area contributed by atoms with Gasteiger partial charge in [-0.15, -0.1) is 0 Å². The van der Waals surface area contributed by atoms with Gasteiger partial charge in [-0.25, -0.2) is 15.0 Å². The van der Waals surface area contributed by atoms with Gasteiger partial charge in [0.2, 0.25) is 0 Å². The van der Waals surface area contributed by atoms with Crippen molar-refractivity contribution in [3.63, 3.8) is 0 Å². The molecule has 9 aromatic heterocycles. The first kappa shape index (κ1) is 67.4. The molecule has 0 radical (unpaired) electrons. The van der Waals surface area contributed by atoms with Gasteiger partial charge in [0.05, 0.1) is 82.4 Å². The van der Waals surface area contributed by atoms with E-state index in [1.54, 1.807) is 0 Å². The summed E-state index contributed by atoms with van der Waals surface area (Å²) in [7, 11) is 0. The van der Waals surface area contributed by atoms with Crippen LogP contribution in [0, 0.1) is 0 Å². The van der Waals surface area contributed by atoms with Crippen LogP contribution in [0.15, 0.2) is 407 Å². The van der Waals surface area contributed by atoms with Crippen molar-refractivity contribution in [2.75, 3.05) is 0 Å². The van der Waals surface area contributed by atoms with Crippen molar-refractivity contribution in [3.8, 4) is 66.8 Å². The Labute approximate surface area is 681 Å². The summed E-state index contributed by atoms with van der Waals surface area (Å²) in [5, 5.41) is 18.8. The molecule has 0 aliphatic carbocycles. The predicted octanol–water partition coefficient (Wildman–Crippen LogP) is 28.3. The summed E-state index contributed by atoms with van der Waals surface area (Å²) >= 11 is 0. The van der Waals surface area contributed by atoms with Gasteiger partial charge in [0, 0.05) is 50.9 Å². The molecule has 0 aliphatic heterocycles. The van der Waals surface area contributed by atoms with Crippen LogP contribution in [-0.2, 0) is 0 Å². The van der Waals surface area contributed by atoms with E-state index in [1.165, 1.54) is 121 Å². The van der Waals surface area contributed by atoms with Crippen LogP contribution < -0.4 is 0 Å². The molecule has 552 valence electrons. The summed E-state index contributed by atoms with van der Waals surface area (Å²) in [6.45, 7) is 0. The fourth-order valence-electron chi connectivity index (χ4n) is 18.5. The molecule has 0 unspecified atom stereocenters. The SMILES string of the molecule is c1ccc(-c2ccc(-c3ccc4c(c3)c3ccc5cccnc5c3c3nc5ccccc5n43)cc2)cc1.c1ccc2c(-c3ccc(-c4ccc5c(c4)c4ccc6cccnc6c4c4nc6ccccc6n54)cc3)cccc2c1.c1ccc2cc(-c3ccc(-c4ccc5c(c4)c4ccc6cccnc6c4c4nc6ccccc6n54)cc3)ccc2c1. The highest BCUT2D eigenvalue weighted by atomic mass is 15.0. The highest BCUT2D eigenvalue weighted by molar-refractivity contribution is 6.26. The average molecular weight is 1510 g/mol. The third kappa shape index (κ3) is 11.1. The Morgan fingerprint density at radius 3 is 0.916 bits per heavy atom. The van der Waals surface area contributed by atoms with Crippen LogP contribution in [0.3, 0.4) is 0 Å². The molecular formula is C110H67N9. The van der Waals surface area contributed by atoms with E-state index in [0.29, 0.717) is 0 Å². The molecule has 26 rings (SSSR count). The fraction of sp³-hybridized carbons (Fsp3) is 0. The van der Waals surface area contributed by atoms with Gasteiger partial charge in [0.1, 0.15) is 16.9 Å². The molecule has 0 atom stereocenters. The van der Waals surface area contributed by atoms with Gasteiger partial charge in [-0.3, -0.25) is 28.2 Å². The van der Waals surface area contributed by atoms with Crippen LogP contribution in [0.25, 0.3) is 236 Å². The van der Waals surface area contributed by atoms with Crippen molar-refractivity contribution < 1.29 is 0 Å². The lowest BCUT2D eigenvalue weighted by Crippen LogP contribution is -1.94. The number of rotatable bonds is 6. The zero-order valence-corrected chi connectivity index (χ0v) is 64.2. The standard InChI is InChI=1S/2C38H23N3.C34H21N3/c1-2-10-29-25(7-1)8-5-11-30(29)26-16-14-24(15-17-26)28-19-21-34-32(23-28)31-20-18-27-9-6-22-39-37(27)36(31)38-40-33-12-3-4-13-35(33)41(34)38;1-2-7-28-22-29(16-15-24(28)6-1)25-11-13-26(14-12-25)30-18-20-34-32(23-30)31-19-17-27-8-5-21-39-37(27)36(31)38-40-33-9-3-4-10-35(33)41(34)38;1-2-7-22(8-3-1)23-12-14-24(15-13-23)26-17-19-30-28(21-26)27-18-16-25-9-6-20-35-33(25)32(27)34-36-29-10-4-5-11-31(29)37(30)34/h2*1-23H;1-21H. The fourth-order valence-corrected chi connectivity index (χ4v) is 18.5. The van der Waals surface area contributed by atoms with Crippen molar-refractivity contribution in [2.24, 2.45) is 0 Å². The van der Waals surface area contributed by atoms with Crippen molar-refractivity contribution in [3.05, 3.63) is 407 Å². The zero-order valence-electron chi connectivity index (χ0n) is 64.2. The first-order chi connectivity index (χ1) is 59.0. The maximum atomic E-state index is 5.11. The Balaban J connectivity index is 0.000000102. The van der Waals surface area contributed by atoms with E-state index >= 15 is 0 Å². The van der Waals surface area contributed by atoms with Gasteiger partial charge in [-0.1, -0.05) is 291 Å². The molecule has 0 amide bonds. The first-order valence-corrected chi connectivity index (χ1v) is 40.4. The summed E-state index contributed by atoms with van der Waals surface area (Å²) in [5.41, 5.74) is 30.1. The van der Waals surface area contributed by atoms with Crippen molar-refractivity contribution >= 4 is 169 Å². The van der Waals surface area contributed by atoms with E-state index < -0.39 is 0 Å². The third-order valence-corrected chi connectivity index (χ3v) is 24.2. The Morgan fingerprint density at radius 2 is 0.479 bits per heavy atom. The van der Waals surface area contributed by atoms with E-state index in [-0.39, 0.29) is 0 Å². The lowest BCUT2D eigenvalue weighted by Gasteiger charge is -2.13. The number of aromatic nitrogens is 9. The van der Waals surface area contributed by atoms with Crippen LogP contribution in [0.1, 0.15) is 0 Å². The Hall–Kier alpha value is -16.1. The van der Waals surface area contributed by atoms with E-state index in [9.17, 15) is 0 Å². The second kappa shape index (κ2) is 27.3. The summed E-state index contributed by atoms with van der Waals surface area (Å²) in [6.07, 6.45) is 5.62. The van der Waals surface area contributed by atoms with Gasteiger partial charge in [0.25, 0.3) is 0 Å². The van der Waals surface area contributed by atoms with E-state index in [4.69, 9.17) is 29.9 Å². The van der Waals surface area contributed by atoms with Crippen molar-refractivity contribution in [1.29, 1.82) is 0 Å². The van der Waals surface area contributed by atoms with Gasteiger partial charge in [0.15, 0.2) is 0 Å². The summed E-state index contributed by atoms with van der Waals surface area (Å²) in [4.78, 5) is 29.7. The molecule has 9 heterocycles. The molecule has 0 fully saturated rings. The van der Waals surface area contributed by atoms with E-state index in [1.807, 2.05) is 42.9 Å². The van der Waals surface area contributed by atoms with E-state index in [2.05, 4.69) is 377 Å². The number of imidazole rings is 3. The second-order valence-electron chi connectivity index (χ2n) is 30.9. The van der Waals surface area contributed by atoms with Crippen LogP contribution in [-0.4, -0.2) is 43.1 Å². The molecule has 9 heteroatoms. The molecule has 119 heavy (non-hydrogen) atoms. The molecule has 17 aromatic carbocycles. The minimum Gasteiger partial charge on any atom is -0.292 e. The number of para-hydroxylation sites is 6. The zero-order chi connectivity index (χ0) is 78.2. The largest absolute Gasteiger partial charge is 0.292 e. The smallest absolute Gasteiger partial charge is 0.148 e. The molecule has 0 saturated heterocycles. The average Bonchev–Trinajstić information content (AvgIpc) is 1.69. The number of benzene rings is 17. The molecule has 26 aromatic rings. The predicted molar refractivity (Wildman–Crippen MR) is 497 cm³/mol. The molecule has 0 N–H and O–H groups in total. The van der Waals surface area contributed by atoms with Crippen LogP contribution in [0.4, 0.5) is 0 Å². The molecule has 0 saturated carbocycles. The number of pyridine rings is 6.